The zero-order chi connectivity index (χ0) is 22.7. The summed E-state index contributed by atoms with van der Waals surface area (Å²) >= 11 is 1.41. The molecule has 0 N–H and O–H groups in total. The Balaban J connectivity index is 1.63. The lowest BCUT2D eigenvalue weighted by Gasteiger charge is -2.26. The average Bonchev–Trinajstić information content (AvgIpc) is 3.52. The van der Waals surface area contributed by atoms with Crippen LogP contribution in [0.2, 0.25) is 0 Å². The number of amides is 1. The van der Waals surface area contributed by atoms with Crippen LogP contribution in [-0.2, 0) is 0 Å². The highest BCUT2D eigenvalue weighted by Gasteiger charge is 2.33. The van der Waals surface area contributed by atoms with Crippen molar-refractivity contribution in [1.82, 2.24) is 9.88 Å². The fourth-order valence-electron chi connectivity index (χ4n) is 4.13. The second-order valence-electron chi connectivity index (χ2n) is 7.34. The van der Waals surface area contributed by atoms with Crippen molar-refractivity contribution in [3.05, 3.63) is 53.0 Å². The number of carbonyl (C=O) groups is 1. The number of rotatable bonds is 7. The topological polar surface area (TPSA) is 70.1 Å². The van der Waals surface area contributed by atoms with Crippen LogP contribution in [0.5, 0.6) is 23.0 Å². The Labute approximate surface area is 191 Å². The first kappa shape index (κ1) is 22.0. The van der Waals surface area contributed by atoms with Gasteiger partial charge in [-0.15, -0.1) is 11.3 Å². The van der Waals surface area contributed by atoms with E-state index < -0.39 is 0 Å². The van der Waals surface area contributed by atoms with Crippen LogP contribution in [0.25, 0.3) is 10.6 Å². The minimum Gasteiger partial charge on any atom is -0.497 e. The molecule has 1 fully saturated rings. The second kappa shape index (κ2) is 9.48. The van der Waals surface area contributed by atoms with Crippen molar-refractivity contribution < 1.29 is 23.7 Å². The van der Waals surface area contributed by atoms with E-state index in [1.807, 2.05) is 41.3 Å². The van der Waals surface area contributed by atoms with Crippen LogP contribution in [0.4, 0.5) is 0 Å². The number of hydrogen-bond acceptors (Lipinski definition) is 7. The normalized spacial score (nSPS) is 15.5. The molecule has 1 aliphatic heterocycles. The van der Waals surface area contributed by atoms with Crippen LogP contribution in [0, 0.1) is 0 Å². The van der Waals surface area contributed by atoms with Crippen LogP contribution in [0.3, 0.4) is 0 Å². The van der Waals surface area contributed by atoms with E-state index in [1.54, 1.807) is 33.8 Å². The predicted octanol–water partition coefficient (Wildman–Crippen LogP) is 4.82. The molecule has 1 atom stereocenters. The molecule has 1 amide bonds. The summed E-state index contributed by atoms with van der Waals surface area (Å²) in [7, 11) is 6.45. The van der Waals surface area contributed by atoms with Crippen molar-refractivity contribution in [3.63, 3.8) is 0 Å². The molecule has 7 nitrogen and oxygen atoms in total. The number of ether oxygens (including phenoxy) is 4. The number of aromatic nitrogens is 1. The second-order valence-corrected chi connectivity index (χ2v) is 8.20. The van der Waals surface area contributed by atoms with Crippen molar-refractivity contribution in [2.24, 2.45) is 0 Å². The molecular weight excluding hydrogens is 428 g/mol. The van der Waals surface area contributed by atoms with Gasteiger partial charge in [0.05, 0.1) is 40.0 Å². The minimum absolute atomic E-state index is 0.0696. The largest absolute Gasteiger partial charge is 0.497 e. The summed E-state index contributed by atoms with van der Waals surface area (Å²) in [6, 6.07) is 11.3. The molecule has 8 heteroatoms. The third-order valence-corrected chi connectivity index (χ3v) is 6.55. The molecule has 0 bridgehead atoms. The highest BCUT2D eigenvalue weighted by molar-refractivity contribution is 7.13. The van der Waals surface area contributed by atoms with Gasteiger partial charge >= 0.3 is 0 Å². The van der Waals surface area contributed by atoms with Crippen molar-refractivity contribution in [1.29, 1.82) is 0 Å². The van der Waals surface area contributed by atoms with Crippen LogP contribution in [0.1, 0.15) is 34.9 Å². The van der Waals surface area contributed by atoms with E-state index in [-0.39, 0.29) is 11.9 Å². The smallest absolute Gasteiger partial charge is 0.273 e. The zero-order valence-corrected chi connectivity index (χ0v) is 19.4. The zero-order valence-electron chi connectivity index (χ0n) is 18.6. The highest BCUT2D eigenvalue weighted by atomic mass is 32.1. The van der Waals surface area contributed by atoms with Crippen molar-refractivity contribution in [2.75, 3.05) is 35.0 Å². The standard InChI is InChI=1S/C24H26N2O5S/c1-28-15-10-11-16(21(13-15)30-3)19-8-6-12-26(19)24(27)18-14-32-23(25-18)17-7-5-9-20(29-2)22(17)31-4/h5,7,9-11,13-14,19H,6,8,12H2,1-4H3/t19-/m0/s1. The number of carbonyl (C=O) groups excluding carboxylic acids is 1. The lowest BCUT2D eigenvalue weighted by molar-refractivity contribution is 0.0729. The monoisotopic (exact) mass is 454 g/mol. The van der Waals surface area contributed by atoms with E-state index in [9.17, 15) is 4.79 Å². The molecule has 1 aromatic heterocycles. The first-order valence-corrected chi connectivity index (χ1v) is 11.2. The Morgan fingerprint density at radius 2 is 1.84 bits per heavy atom. The molecule has 0 unspecified atom stereocenters. The molecule has 168 valence electrons. The molecular formula is C24H26N2O5S. The Hall–Kier alpha value is -3.26. The molecule has 3 aromatic rings. The van der Waals surface area contributed by atoms with Gasteiger partial charge in [0.25, 0.3) is 5.91 Å². The first-order valence-electron chi connectivity index (χ1n) is 10.3. The van der Waals surface area contributed by atoms with Gasteiger partial charge in [-0.25, -0.2) is 4.98 Å². The van der Waals surface area contributed by atoms with Gasteiger partial charge in [-0.05, 0) is 37.1 Å². The van der Waals surface area contributed by atoms with E-state index in [4.69, 9.17) is 18.9 Å². The predicted molar refractivity (Wildman–Crippen MR) is 123 cm³/mol. The maximum atomic E-state index is 13.4. The van der Waals surface area contributed by atoms with Crippen LogP contribution in [0.15, 0.2) is 41.8 Å². The Morgan fingerprint density at radius 3 is 2.56 bits per heavy atom. The lowest BCUT2D eigenvalue weighted by Crippen LogP contribution is -2.31. The summed E-state index contributed by atoms with van der Waals surface area (Å²) in [5.74, 6) is 2.58. The van der Waals surface area contributed by atoms with Gasteiger partial charge in [-0.3, -0.25) is 4.79 Å². The molecule has 1 saturated heterocycles. The summed E-state index contributed by atoms with van der Waals surface area (Å²) in [4.78, 5) is 20.0. The van der Waals surface area contributed by atoms with Gasteiger partial charge in [-0.2, -0.15) is 0 Å². The van der Waals surface area contributed by atoms with Crippen LogP contribution >= 0.6 is 11.3 Å². The van der Waals surface area contributed by atoms with Crippen molar-refractivity contribution >= 4 is 17.2 Å². The molecule has 0 radical (unpaired) electrons. The number of benzene rings is 2. The molecule has 4 rings (SSSR count). The summed E-state index contributed by atoms with van der Waals surface area (Å²) in [6.45, 7) is 0.675. The quantitative estimate of drug-likeness (QED) is 0.510. The van der Waals surface area contributed by atoms with Crippen LogP contribution in [-0.4, -0.2) is 50.8 Å². The molecule has 0 spiro atoms. The third kappa shape index (κ3) is 3.98. The highest BCUT2D eigenvalue weighted by Crippen LogP contribution is 2.41. The van der Waals surface area contributed by atoms with Crippen molar-refractivity contribution in [2.45, 2.75) is 18.9 Å². The summed E-state index contributed by atoms with van der Waals surface area (Å²) in [5.41, 5.74) is 2.20. The number of hydrogen-bond donors (Lipinski definition) is 0. The summed E-state index contributed by atoms with van der Waals surface area (Å²) in [6.07, 6.45) is 1.79. The van der Waals surface area contributed by atoms with Crippen molar-refractivity contribution in [3.8, 4) is 33.6 Å². The number of nitrogens with zero attached hydrogens (tertiary/aromatic N) is 2. The number of methoxy groups -OCH3 is 4. The average molecular weight is 455 g/mol. The molecule has 2 heterocycles. The van der Waals surface area contributed by atoms with Gasteiger partial charge in [0, 0.05) is 23.6 Å². The number of thiazole rings is 1. The number of likely N-dealkylation sites (tertiary alicyclic amines) is 1. The molecule has 2 aromatic carbocycles. The van der Waals surface area contributed by atoms with Gasteiger partial charge in [-0.1, -0.05) is 6.07 Å². The van der Waals surface area contributed by atoms with Gasteiger partial charge in [0.2, 0.25) is 0 Å². The molecule has 1 aliphatic rings. The van der Waals surface area contributed by atoms with E-state index in [0.717, 1.165) is 29.7 Å². The molecule has 0 aliphatic carbocycles. The van der Waals surface area contributed by atoms with E-state index in [2.05, 4.69) is 4.98 Å². The Bertz CT molecular complexity index is 1110. The van der Waals surface area contributed by atoms with E-state index in [1.165, 1.54) is 11.3 Å². The SMILES string of the molecule is COc1ccc([C@@H]2CCCN2C(=O)c2csc(-c3cccc(OC)c3OC)n2)c(OC)c1. The third-order valence-electron chi connectivity index (χ3n) is 5.67. The van der Waals surface area contributed by atoms with Gasteiger partial charge < -0.3 is 23.8 Å². The van der Waals surface area contributed by atoms with E-state index >= 15 is 0 Å². The Kier molecular flexibility index (Phi) is 6.50. The fourth-order valence-corrected chi connectivity index (χ4v) is 4.94. The van der Waals surface area contributed by atoms with Gasteiger partial charge in [0.1, 0.15) is 22.2 Å². The van der Waals surface area contributed by atoms with Crippen LogP contribution < -0.4 is 18.9 Å². The van der Waals surface area contributed by atoms with E-state index in [0.29, 0.717) is 34.5 Å². The maximum absolute atomic E-state index is 13.4. The maximum Gasteiger partial charge on any atom is 0.273 e. The molecule has 0 saturated carbocycles. The summed E-state index contributed by atoms with van der Waals surface area (Å²) in [5, 5.41) is 2.51. The van der Waals surface area contributed by atoms with Gasteiger partial charge in [0.15, 0.2) is 11.5 Å². The summed E-state index contributed by atoms with van der Waals surface area (Å²) < 4.78 is 21.8. The fraction of sp³-hybridized carbons (Fsp3) is 0.333. The minimum atomic E-state index is -0.0882. The molecule has 32 heavy (non-hydrogen) atoms. The first-order chi connectivity index (χ1) is 15.6. The number of para-hydroxylation sites is 1. The Morgan fingerprint density at radius 1 is 1.03 bits per heavy atom. The lowest BCUT2D eigenvalue weighted by atomic mass is 10.0.